The fourth-order valence-electron chi connectivity index (χ4n) is 2.77. The molecule has 1 fully saturated rings. The molecule has 1 heterocycles. The smallest absolute Gasteiger partial charge is 0.275 e. The minimum absolute atomic E-state index is 0.0853. The maximum atomic E-state index is 12.0. The quantitative estimate of drug-likeness (QED) is 0.804. The summed E-state index contributed by atoms with van der Waals surface area (Å²) in [5, 5.41) is 2.97. The zero-order valence-electron chi connectivity index (χ0n) is 13.0. The van der Waals surface area contributed by atoms with Crippen LogP contribution in [-0.4, -0.2) is 44.9 Å². The highest BCUT2D eigenvalue weighted by molar-refractivity contribution is 5.76. The Hall–Kier alpha value is -1.59. The summed E-state index contributed by atoms with van der Waals surface area (Å²) in [6, 6.07) is 7.73. The number of hydrogen-bond acceptors (Lipinski definition) is 3. The first kappa shape index (κ1) is 15.8. The van der Waals surface area contributed by atoms with Crippen LogP contribution >= 0.6 is 0 Å². The number of methoxy groups -OCH3 is 1. The number of quaternary nitrogens is 1. The standard InChI is InChI=1S/C16H24N2O3/c1-12-9-18(10-13(2)21-12)11-16(19)17-8-14-4-6-15(20-3)7-5-14/h4-7,12-13H,8-11H2,1-3H3,(H,17,19)/p+1/t12-,13-/m0/s1. The Balaban J connectivity index is 1.76. The van der Waals surface area contributed by atoms with Crippen molar-refractivity contribution in [3.63, 3.8) is 0 Å². The van der Waals surface area contributed by atoms with E-state index < -0.39 is 0 Å². The van der Waals surface area contributed by atoms with E-state index in [1.165, 1.54) is 4.90 Å². The third kappa shape index (κ3) is 5.02. The number of amides is 1. The average molecular weight is 293 g/mol. The van der Waals surface area contributed by atoms with E-state index in [1.807, 2.05) is 24.3 Å². The number of rotatable bonds is 5. The second-order valence-corrected chi connectivity index (χ2v) is 5.72. The third-order valence-corrected chi connectivity index (χ3v) is 3.68. The van der Waals surface area contributed by atoms with Crippen LogP contribution in [-0.2, 0) is 16.1 Å². The molecule has 1 aliphatic rings. The molecule has 1 saturated heterocycles. The van der Waals surface area contributed by atoms with Gasteiger partial charge < -0.3 is 19.7 Å². The molecule has 116 valence electrons. The normalized spacial score (nSPS) is 25.4. The molecule has 5 heteroatoms. The van der Waals surface area contributed by atoms with Crippen LogP contribution in [0.25, 0.3) is 0 Å². The van der Waals surface area contributed by atoms with Gasteiger partial charge in [0.15, 0.2) is 6.54 Å². The van der Waals surface area contributed by atoms with E-state index in [9.17, 15) is 4.79 Å². The molecule has 2 atom stereocenters. The van der Waals surface area contributed by atoms with Gasteiger partial charge in [0, 0.05) is 6.54 Å². The van der Waals surface area contributed by atoms with Gasteiger partial charge in [0.25, 0.3) is 5.91 Å². The number of hydrogen-bond donors (Lipinski definition) is 2. The van der Waals surface area contributed by atoms with Crippen LogP contribution in [0.5, 0.6) is 5.75 Å². The Labute approximate surface area is 126 Å². The summed E-state index contributed by atoms with van der Waals surface area (Å²) >= 11 is 0. The van der Waals surface area contributed by atoms with Gasteiger partial charge in [-0.3, -0.25) is 4.79 Å². The topological polar surface area (TPSA) is 52.0 Å². The highest BCUT2D eigenvalue weighted by Crippen LogP contribution is 2.10. The Bertz CT molecular complexity index is 451. The van der Waals surface area contributed by atoms with Crippen molar-refractivity contribution >= 4 is 5.91 Å². The van der Waals surface area contributed by atoms with E-state index in [0.29, 0.717) is 13.1 Å². The van der Waals surface area contributed by atoms with Crippen molar-refractivity contribution in [1.82, 2.24) is 5.32 Å². The van der Waals surface area contributed by atoms with Gasteiger partial charge in [-0.1, -0.05) is 12.1 Å². The van der Waals surface area contributed by atoms with E-state index in [4.69, 9.17) is 9.47 Å². The summed E-state index contributed by atoms with van der Waals surface area (Å²) in [5.74, 6) is 0.910. The van der Waals surface area contributed by atoms with Crippen molar-refractivity contribution < 1.29 is 19.2 Å². The maximum absolute atomic E-state index is 12.0. The fourth-order valence-corrected chi connectivity index (χ4v) is 2.77. The van der Waals surface area contributed by atoms with Gasteiger partial charge in [-0.15, -0.1) is 0 Å². The Morgan fingerprint density at radius 1 is 1.29 bits per heavy atom. The first-order chi connectivity index (χ1) is 10.1. The Morgan fingerprint density at radius 3 is 2.48 bits per heavy atom. The highest BCUT2D eigenvalue weighted by atomic mass is 16.5. The molecule has 0 bridgehead atoms. The molecule has 0 aromatic heterocycles. The molecule has 1 aliphatic heterocycles. The van der Waals surface area contributed by atoms with E-state index in [-0.39, 0.29) is 18.1 Å². The van der Waals surface area contributed by atoms with Crippen molar-refractivity contribution in [3.05, 3.63) is 29.8 Å². The lowest BCUT2D eigenvalue weighted by atomic mass is 10.2. The van der Waals surface area contributed by atoms with Crippen LogP contribution in [0.4, 0.5) is 0 Å². The van der Waals surface area contributed by atoms with Crippen LogP contribution < -0.4 is 15.0 Å². The first-order valence-electron chi connectivity index (χ1n) is 7.45. The van der Waals surface area contributed by atoms with Crippen molar-refractivity contribution in [2.45, 2.75) is 32.6 Å². The lowest BCUT2D eigenvalue weighted by molar-refractivity contribution is -0.907. The maximum Gasteiger partial charge on any atom is 0.275 e. The summed E-state index contributed by atoms with van der Waals surface area (Å²) in [7, 11) is 1.64. The van der Waals surface area contributed by atoms with Crippen molar-refractivity contribution in [2.75, 3.05) is 26.7 Å². The monoisotopic (exact) mass is 293 g/mol. The summed E-state index contributed by atoms with van der Waals surface area (Å²) < 4.78 is 10.8. The zero-order chi connectivity index (χ0) is 15.2. The average Bonchev–Trinajstić information content (AvgIpc) is 2.44. The molecule has 0 radical (unpaired) electrons. The third-order valence-electron chi connectivity index (χ3n) is 3.68. The van der Waals surface area contributed by atoms with Crippen molar-refractivity contribution in [2.24, 2.45) is 0 Å². The fraction of sp³-hybridized carbons (Fsp3) is 0.562. The first-order valence-corrected chi connectivity index (χ1v) is 7.45. The second kappa shape index (κ2) is 7.43. The Morgan fingerprint density at radius 2 is 1.90 bits per heavy atom. The van der Waals surface area contributed by atoms with Gasteiger partial charge in [0.05, 0.1) is 7.11 Å². The number of ether oxygens (including phenoxy) is 2. The van der Waals surface area contributed by atoms with E-state index in [2.05, 4.69) is 19.2 Å². The van der Waals surface area contributed by atoms with Crippen LogP contribution in [0, 0.1) is 0 Å². The summed E-state index contributed by atoms with van der Waals surface area (Å²) in [4.78, 5) is 13.3. The largest absolute Gasteiger partial charge is 0.497 e. The molecule has 0 saturated carbocycles. The number of carbonyl (C=O) groups is 1. The summed E-state index contributed by atoms with van der Waals surface area (Å²) in [6.45, 7) is 6.96. The molecule has 1 amide bonds. The van der Waals surface area contributed by atoms with Crippen LogP contribution in [0.2, 0.25) is 0 Å². The summed E-state index contributed by atoms with van der Waals surface area (Å²) in [5.41, 5.74) is 1.07. The minimum Gasteiger partial charge on any atom is -0.497 e. The van der Waals surface area contributed by atoms with E-state index >= 15 is 0 Å². The van der Waals surface area contributed by atoms with Gasteiger partial charge in [-0.2, -0.15) is 0 Å². The predicted octanol–water partition coefficient (Wildman–Crippen LogP) is 0.00350. The van der Waals surface area contributed by atoms with Gasteiger partial charge in [0.1, 0.15) is 31.0 Å². The van der Waals surface area contributed by atoms with E-state index in [0.717, 1.165) is 24.4 Å². The highest BCUT2D eigenvalue weighted by Gasteiger charge is 2.26. The SMILES string of the molecule is COc1ccc(CNC(=O)C[NH+]2C[C@H](C)O[C@@H](C)C2)cc1. The lowest BCUT2D eigenvalue weighted by Crippen LogP contribution is -3.16. The number of carbonyl (C=O) groups excluding carboxylic acids is 1. The van der Waals surface area contributed by atoms with Gasteiger partial charge in [0.2, 0.25) is 0 Å². The molecule has 5 nitrogen and oxygen atoms in total. The number of nitrogens with one attached hydrogen (secondary N) is 2. The molecule has 2 N–H and O–H groups in total. The molecule has 2 rings (SSSR count). The molecule has 0 aliphatic carbocycles. The molecular weight excluding hydrogens is 268 g/mol. The lowest BCUT2D eigenvalue weighted by Gasteiger charge is -2.31. The molecule has 1 aromatic carbocycles. The summed E-state index contributed by atoms with van der Waals surface area (Å²) in [6.07, 6.45) is 0.441. The minimum atomic E-state index is 0.0853. The second-order valence-electron chi connectivity index (χ2n) is 5.72. The van der Waals surface area contributed by atoms with Crippen molar-refractivity contribution in [1.29, 1.82) is 0 Å². The molecule has 0 spiro atoms. The zero-order valence-corrected chi connectivity index (χ0v) is 13.0. The van der Waals surface area contributed by atoms with Crippen LogP contribution in [0.3, 0.4) is 0 Å². The molecular formula is C16H25N2O3+. The molecule has 1 aromatic rings. The van der Waals surface area contributed by atoms with Gasteiger partial charge in [-0.25, -0.2) is 0 Å². The van der Waals surface area contributed by atoms with Crippen LogP contribution in [0.1, 0.15) is 19.4 Å². The van der Waals surface area contributed by atoms with Gasteiger partial charge >= 0.3 is 0 Å². The number of benzene rings is 1. The van der Waals surface area contributed by atoms with E-state index in [1.54, 1.807) is 7.11 Å². The van der Waals surface area contributed by atoms with Crippen molar-refractivity contribution in [3.8, 4) is 5.75 Å². The van der Waals surface area contributed by atoms with Crippen LogP contribution in [0.15, 0.2) is 24.3 Å². The predicted molar refractivity (Wildman–Crippen MR) is 80.4 cm³/mol. The number of morpholine rings is 1. The van der Waals surface area contributed by atoms with Gasteiger partial charge in [-0.05, 0) is 31.5 Å². The molecule has 0 unspecified atom stereocenters. The Kier molecular flexibility index (Phi) is 5.59. The molecule has 21 heavy (non-hydrogen) atoms.